The highest BCUT2D eigenvalue weighted by Crippen LogP contribution is 2.34. The molecule has 124 valence electrons. The van der Waals surface area contributed by atoms with Gasteiger partial charge in [-0.2, -0.15) is 0 Å². The predicted molar refractivity (Wildman–Crippen MR) is 93.1 cm³/mol. The number of hydrogen-bond acceptors (Lipinski definition) is 6. The van der Waals surface area contributed by atoms with Gasteiger partial charge < -0.3 is 15.2 Å². The fourth-order valence-corrected chi connectivity index (χ4v) is 2.81. The Hall–Kier alpha value is -2.74. The van der Waals surface area contributed by atoms with Gasteiger partial charge in [-0.05, 0) is 17.7 Å². The molecule has 7 nitrogen and oxygen atoms in total. The second-order valence-electron chi connectivity index (χ2n) is 4.99. The van der Waals surface area contributed by atoms with E-state index in [2.05, 4.69) is 4.99 Å². The molecule has 3 rings (SSSR count). The summed E-state index contributed by atoms with van der Waals surface area (Å²) >= 11 is 1.36. The maximum absolute atomic E-state index is 10.6. The molecule has 1 heterocycles. The molecule has 2 aromatic rings. The van der Waals surface area contributed by atoms with Gasteiger partial charge in [-0.15, -0.1) is 0 Å². The second kappa shape index (κ2) is 7.22. The van der Waals surface area contributed by atoms with Crippen LogP contribution in [0.4, 0.5) is 11.4 Å². The molecule has 0 fully saturated rings. The van der Waals surface area contributed by atoms with Crippen LogP contribution in [0.3, 0.4) is 0 Å². The predicted octanol–water partition coefficient (Wildman–Crippen LogP) is 3.25. The van der Waals surface area contributed by atoms with Crippen molar-refractivity contribution in [1.82, 2.24) is 0 Å². The fourth-order valence-electron chi connectivity index (χ4n) is 2.13. The van der Waals surface area contributed by atoms with E-state index >= 15 is 0 Å². The van der Waals surface area contributed by atoms with Crippen molar-refractivity contribution >= 4 is 28.3 Å². The summed E-state index contributed by atoms with van der Waals surface area (Å²) < 4.78 is 11.0. The number of ether oxygens (including phenoxy) is 2. The van der Waals surface area contributed by atoms with Gasteiger partial charge in [-0.25, -0.2) is 4.99 Å². The van der Waals surface area contributed by atoms with Gasteiger partial charge in [-0.3, -0.25) is 10.1 Å². The van der Waals surface area contributed by atoms with Crippen LogP contribution in [0.1, 0.15) is 5.56 Å². The zero-order chi connectivity index (χ0) is 16.9. The minimum Gasteiger partial charge on any atom is -0.486 e. The number of non-ortho nitro benzene ring substituents is 1. The van der Waals surface area contributed by atoms with Crippen LogP contribution in [0.15, 0.2) is 47.5 Å². The lowest BCUT2D eigenvalue weighted by molar-refractivity contribution is -0.384. The van der Waals surface area contributed by atoms with E-state index in [-0.39, 0.29) is 5.69 Å². The van der Waals surface area contributed by atoms with E-state index in [9.17, 15) is 10.1 Å². The highest BCUT2D eigenvalue weighted by Gasteiger charge is 2.11. The van der Waals surface area contributed by atoms with Crippen LogP contribution in [0.25, 0.3) is 0 Å². The van der Waals surface area contributed by atoms with Gasteiger partial charge in [0.2, 0.25) is 0 Å². The molecule has 0 spiro atoms. The van der Waals surface area contributed by atoms with Crippen LogP contribution in [0.5, 0.6) is 11.5 Å². The number of nitro benzene ring substituents is 1. The van der Waals surface area contributed by atoms with E-state index < -0.39 is 4.92 Å². The van der Waals surface area contributed by atoms with Gasteiger partial charge in [0.15, 0.2) is 16.7 Å². The van der Waals surface area contributed by atoms with Gasteiger partial charge in [0.25, 0.3) is 5.69 Å². The fraction of sp³-hybridized carbons (Fsp3) is 0.188. The van der Waals surface area contributed by atoms with Gasteiger partial charge >= 0.3 is 0 Å². The van der Waals surface area contributed by atoms with Gasteiger partial charge in [0.1, 0.15) is 13.2 Å². The molecule has 0 bridgehead atoms. The van der Waals surface area contributed by atoms with Gasteiger partial charge in [-0.1, -0.05) is 23.9 Å². The number of hydrogen-bond donors (Lipinski definition) is 1. The molecule has 0 saturated carbocycles. The van der Waals surface area contributed by atoms with E-state index in [0.29, 0.717) is 41.3 Å². The zero-order valence-electron chi connectivity index (χ0n) is 12.7. The van der Waals surface area contributed by atoms with Crippen molar-refractivity contribution in [3.05, 3.63) is 58.1 Å². The lowest BCUT2D eigenvalue weighted by atomic mass is 10.2. The summed E-state index contributed by atoms with van der Waals surface area (Å²) in [6, 6.07) is 11.8. The summed E-state index contributed by atoms with van der Waals surface area (Å²) in [6.07, 6.45) is 0. The third kappa shape index (κ3) is 3.96. The Morgan fingerprint density at radius 2 is 1.88 bits per heavy atom. The Morgan fingerprint density at radius 1 is 1.17 bits per heavy atom. The Kier molecular flexibility index (Phi) is 4.85. The summed E-state index contributed by atoms with van der Waals surface area (Å²) in [4.78, 5) is 14.5. The summed E-state index contributed by atoms with van der Waals surface area (Å²) in [6.45, 7) is 1.06. The van der Waals surface area contributed by atoms with Crippen molar-refractivity contribution < 1.29 is 14.4 Å². The molecular formula is C16H15N3O4S. The maximum Gasteiger partial charge on any atom is 0.269 e. The van der Waals surface area contributed by atoms with Crippen molar-refractivity contribution in [1.29, 1.82) is 0 Å². The van der Waals surface area contributed by atoms with Crippen LogP contribution in [0.2, 0.25) is 0 Å². The van der Waals surface area contributed by atoms with Gasteiger partial charge in [0, 0.05) is 24.0 Å². The normalized spacial score (nSPS) is 13.6. The molecule has 8 heteroatoms. The molecule has 1 aliphatic heterocycles. The number of nitrogens with zero attached hydrogens (tertiary/aromatic N) is 2. The lowest BCUT2D eigenvalue weighted by Crippen LogP contribution is -2.15. The first-order valence-corrected chi connectivity index (χ1v) is 8.20. The third-order valence-electron chi connectivity index (χ3n) is 3.30. The molecule has 1 aliphatic rings. The first-order valence-electron chi connectivity index (χ1n) is 7.22. The van der Waals surface area contributed by atoms with E-state index in [4.69, 9.17) is 15.2 Å². The first kappa shape index (κ1) is 16.1. The minimum absolute atomic E-state index is 0.0710. The number of thioether (sulfide) groups is 1. The number of rotatable bonds is 4. The summed E-state index contributed by atoms with van der Waals surface area (Å²) in [5.74, 6) is 1.95. The standard InChI is InChI=1S/C16H15N3O4S/c17-16(24-10-11-1-4-13(5-2-11)19(20)21)18-12-3-6-14-15(9-12)23-8-7-22-14/h1-6,9H,7-8,10H2,(H2,17,18). The molecule has 0 radical (unpaired) electrons. The maximum atomic E-state index is 10.6. The molecule has 0 atom stereocenters. The van der Waals surface area contributed by atoms with Crippen molar-refractivity contribution in [2.45, 2.75) is 5.75 Å². The van der Waals surface area contributed by atoms with Crippen molar-refractivity contribution in [3.8, 4) is 11.5 Å². The molecule has 0 amide bonds. The van der Waals surface area contributed by atoms with E-state index in [1.165, 1.54) is 23.9 Å². The van der Waals surface area contributed by atoms with Crippen molar-refractivity contribution in [3.63, 3.8) is 0 Å². The average molecular weight is 345 g/mol. The average Bonchev–Trinajstić information content (AvgIpc) is 2.60. The monoisotopic (exact) mass is 345 g/mol. The third-order valence-corrected chi connectivity index (χ3v) is 4.16. The Morgan fingerprint density at radius 3 is 2.58 bits per heavy atom. The number of nitrogens with two attached hydrogens (primary N) is 1. The van der Waals surface area contributed by atoms with Crippen LogP contribution in [-0.4, -0.2) is 23.3 Å². The van der Waals surface area contributed by atoms with Crippen LogP contribution < -0.4 is 15.2 Å². The number of nitro groups is 1. The zero-order valence-corrected chi connectivity index (χ0v) is 13.5. The number of benzene rings is 2. The minimum atomic E-state index is -0.422. The topological polar surface area (TPSA) is 100.0 Å². The van der Waals surface area contributed by atoms with Crippen LogP contribution in [0, 0.1) is 10.1 Å². The second-order valence-corrected chi connectivity index (χ2v) is 5.99. The smallest absolute Gasteiger partial charge is 0.269 e. The molecule has 24 heavy (non-hydrogen) atoms. The molecule has 0 aromatic heterocycles. The highest BCUT2D eigenvalue weighted by molar-refractivity contribution is 8.13. The number of amidine groups is 1. The van der Waals surface area contributed by atoms with Crippen LogP contribution in [-0.2, 0) is 5.75 Å². The van der Waals surface area contributed by atoms with Crippen molar-refractivity contribution in [2.24, 2.45) is 10.7 Å². The van der Waals surface area contributed by atoms with Crippen LogP contribution >= 0.6 is 11.8 Å². The number of fused-ring (bicyclic) bond motifs is 1. The summed E-state index contributed by atoms with van der Waals surface area (Å²) in [5, 5.41) is 11.0. The SMILES string of the molecule is NC(=Nc1ccc2c(c1)OCCO2)SCc1ccc([N+](=O)[O-])cc1. The van der Waals surface area contributed by atoms with E-state index in [0.717, 1.165) is 5.56 Å². The molecular weight excluding hydrogens is 330 g/mol. The molecule has 0 unspecified atom stereocenters. The first-order chi connectivity index (χ1) is 11.6. The number of aliphatic imine (C=N–C) groups is 1. The molecule has 0 aliphatic carbocycles. The molecule has 2 aromatic carbocycles. The van der Waals surface area contributed by atoms with Crippen molar-refractivity contribution in [2.75, 3.05) is 13.2 Å². The molecule has 2 N–H and O–H groups in total. The van der Waals surface area contributed by atoms with E-state index in [1.54, 1.807) is 18.2 Å². The quantitative estimate of drug-likeness (QED) is 0.395. The Labute approximate surface area is 142 Å². The molecule has 0 saturated heterocycles. The Bertz CT molecular complexity index is 777. The lowest BCUT2D eigenvalue weighted by Gasteiger charge is -2.18. The Balaban J connectivity index is 1.62. The summed E-state index contributed by atoms with van der Waals surface area (Å²) in [5.41, 5.74) is 7.64. The van der Waals surface area contributed by atoms with E-state index in [1.807, 2.05) is 12.1 Å². The highest BCUT2D eigenvalue weighted by atomic mass is 32.2. The summed E-state index contributed by atoms with van der Waals surface area (Å²) in [7, 11) is 0. The largest absolute Gasteiger partial charge is 0.486 e. The van der Waals surface area contributed by atoms with Gasteiger partial charge in [0.05, 0.1) is 10.6 Å².